The van der Waals surface area contributed by atoms with Crippen LogP contribution in [0.4, 0.5) is 35.1 Å². The molecule has 0 aliphatic carbocycles. The number of aromatic amines is 1. The van der Waals surface area contributed by atoms with Crippen LogP contribution in [0.25, 0.3) is 0 Å². The van der Waals surface area contributed by atoms with Crippen molar-refractivity contribution < 1.29 is 144 Å². The van der Waals surface area contributed by atoms with E-state index in [2.05, 4.69) is 53.9 Å². The zero-order chi connectivity index (χ0) is 79.1. The highest BCUT2D eigenvalue weighted by Crippen LogP contribution is 2.53. The van der Waals surface area contributed by atoms with Gasteiger partial charge in [0.1, 0.15) is 58.3 Å². The normalized spacial score (nSPS) is 16.4. The van der Waals surface area contributed by atoms with Gasteiger partial charge in [-0.3, -0.25) is 0 Å². The monoisotopic (exact) mass is 1600 g/mol. The summed E-state index contributed by atoms with van der Waals surface area (Å²) in [6, 6.07) is 3.89. The molecule has 4 atom stereocenters. The Bertz CT molecular complexity index is 3640. The van der Waals surface area contributed by atoms with Gasteiger partial charge in [0.2, 0.25) is 0 Å². The molecule has 9 rings (SSSR count). The van der Waals surface area contributed by atoms with Crippen LogP contribution in [0.5, 0.6) is 46.0 Å². The molecular weight excluding hydrogens is 1520 g/mol. The van der Waals surface area contributed by atoms with Crippen LogP contribution >= 0.6 is 45.3 Å². The van der Waals surface area contributed by atoms with E-state index in [1.165, 1.54) is 50.7 Å². The van der Waals surface area contributed by atoms with E-state index in [0.29, 0.717) is 108 Å². The summed E-state index contributed by atoms with van der Waals surface area (Å²) in [6.45, 7) is 26.6. The highest BCUT2D eigenvalue weighted by atomic mass is 32.1. The number of hydrogen-bond donors (Lipinski definition) is 1. The molecule has 0 saturated carbocycles. The third kappa shape index (κ3) is 28.0. The molecule has 1 N–H and O–H groups in total. The first kappa shape index (κ1) is 88.7. The van der Waals surface area contributed by atoms with Crippen molar-refractivity contribution in [3.8, 4) is 46.0 Å². The van der Waals surface area contributed by atoms with E-state index in [0.717, 1.165) is 12.7 Å². The Hall–Kier alpha value is -8.94. The van der Waals surface area contributed by atoms with E-state index < -0.39 is 96.4 Å². The van der Waals surface area contributed by atoms with Crippen molar-refractivity contribution in [2.75, 3.05) is 106 Å². The molecule has 0 spiro atoms. The molecule has 24 nitrogen and oxygen atoms in total. The highest BCUT2D eigenvalue weighted by Gasteiger charge is 2.80. The van der Waals surface area contributed by atoms with Crippen molar-refractivity contribution in [2.45, 2.75) is 102 Å². The predicted octanol–water partition coefficient (Wildman–Crippen LogP) is 13.6. The van der Waals surface area contributed by atoms with Gasteiger partial charge in [0, 0.05) is 115 Å². The number of ether oxygens (including phenoxy) is 17. The Morgan fingerprint density at radius 3 is 1.11 bits per heavy atom. The van der Waals surface area contributed by atoms with Crippen LogP contribution < -0.4 is 37.9 Å². The average Bonchev–Trinajstić information content (AvgIpc) is 1.56. The number of esters is 6. The van der Waals surface area contributed by atoms with E-state index in [-0.39, 0.29) is 76.9 Å². The molecule has 5 aromatic rings. The van der Waals surface area contributed by atoms with Gasteiger partial charge in [-0.15, -0.1) is 45.3 Å². The molecule has 590 valence electrons. The molecule has 9 heterocycles. The molecule has 4 unspecified atom stereocenters. The molecule has 0 fully saturated rings. The van der Waals surface area contributed by atoms with E-state index in [1.54, 1.807) is 40.0 Å². The molecule has 0 aromatic carbocycles. The standard InChI is InChI=1S/C22H30O8S.C17H16F8O5S.C17H20O6S.C11H12O4S.C4H5N/c1-15(2)21(23)27-9-5-7-25-11-17-18(30-20-14-31-13-19(20)29-17)12-26-8-6-10-28-22(24)16(3)4;1-9(2)13(26)29-8-15(20,21)17(24,25)16(22,23)14(18,19)7-27-3-10-4-28-11-5-31-6-12(11)30-10;1-11(2)15(18)22-9-17(10-23-16(19)12(3)4)7-20-13-5-24-6-14(13)21-8-17;1-7(2)11(12)14-4-8-3-13-9-5-16-6-10(9)15-8;1-2-4-5-3-1/h13-14,17-18H,1,3,5-12H2,2,4H3;5-6,10H,1,3-4,7-8H2,2H3;5-6H,1,3,7-10H2,2,4H3;5-6,8H,1,3-4H2,2H3;1-5H. The molecular formula is C71H83F8NO23S4. The van der Waals surface area contributed by atoms with Gasteiger partial charge in [-0.2, -0.15) is 35.1 Å². The van der Waals surface area contributed by atoms with Crippen molar-refractivity contribution in [1.29, 1.82) is 0 Å². The van der Waals surface area contributed by atoms with Crippen LogP contribution in [0.15, 0.2) is 140 Å². The van der Waals surface area contributed by atoms with Crippen LogP contribution in [0.3, 0.4) is 0 Å². The van der Waals surface area contributed by atoms with E-state index >= 15 is 0 Å². The molecule has 0 bridgehead atoms. The summed E-state index contributed by atoms with van der Waals surface area (Å²) < 4.78 is 200. The molecule has 5 aromatic heterocycles. The fraction of sp³-hybridized carbons (Fsp3) is 0.465. The second-order valence-corrected chi connectivity index (χ2v) is 27.0. The number of aromatic nitrogens is 1. The van der Waals surface area contributed by atoms with Crippen molar-refractivity contribution in [3.63, 3.8) is 0 Å². The lowest BCUT2D eigenvalue weighted by Crippen LogP contribution is -2.64. The smallest absolute Gasteiger partial charge is 0.381 e. The Balaban J connectivity index is 0.000000255. The molecule has 4 aliphatic heterocycles. The fourth-order valence-corrected chi connectivity index (χ4v) is 10.8. The number of nitrogens with one attached hydrogen (secondary N) is 1. The number of hydrogen-bond acceptors (Lipinski definition) is 27. The summed E-state index contributed by atoms with van der Waals surface area (Å²) >= 11 is 5.68. The second-order valence-electron chi connectivity index (χ2n) is 24.0. The quantitative estimate of drug-likeness (QED) is 0.0134. The maximum absolute atomic E-state index is 13.8. The minimum absolute atomic E-state index is 0.0180. The van der Waals surface area contributed by atoms with E-state index in [9.17, 15) is 63.9 Å². The maximum atomic E-state index is 13.8. The van der Waals surface area contributed by atoms with Crippen molar-refractivity contribution in [3.05, 3.63) is 140 Å². The Morgan fingerprint density at radius 1 is 0.411 bits per heavy atom. The van der Waals surface area contributed by atoms with Gasteiger partial charge >= 0.3 is 59.5 Å². The van der Waals surface area contributed by atoms with Crippen molar-refractivity contribution in [1.82, 2.24) is 4.98 Å². The zero-order valence-electron chi connectivity index (χ0n) is 59.3. The van der Waals surface area contributed by atoms with Gasteiger partial charge in [0.15, 0.2) is 77.0 Å². The molecule has 0 radical (unpaired) electrons. The summed E-state index contributed by atoms with van der Waals surface area (Å²) in [7, 11) is 0. The Kier molecular flexibility index (Phi) is 35.3. The van der Waals surface area contributed by atoms with Gasteiger partial charge in [-0.1, -0.05) is 39.5 Å². The first-order valence-corrected chi connectivity index (χ1v) is 36.0. The minimum Gasteiger partial charge on any atom is -0.488 e. The lowest BCUT2D eigenvalue weighted by Gasteiger charge is -2.36. The Morgan fingerprint density at radius 2 is 0.738 bits per heavy atom. The van der Waals surface area contributed by atoms with E-state index in [1.807, 2.05) is 56.8 Å². The fourth-order valence-electron chi connectivity index (χ4n) is 8.08. The highest BCUT2D eigenvalue weighted by molar-refractivity contribution is 7.09. The number of halogens is 8. The van der Waals surface area contributed by atoms with Crippen LogP contribution in [-0.4, -0.2) is 195 Å². The van der Waals surface area contributed by atoms with E-state index in [4.69, 9.17) is 71.1 Å². The number of fused-ring (bicyclic) bond motifs is 4. The summed E-state index contributed by atoms with van der Waals surface area (Å²) in [5.74, 6) is -23.8. The van der Waals surface area contributed by atoms with Crippen LogP contribution in [0.2, 0.25) is 0 Å². The van der Waals surface area contributed by atoms with Crippen molar-refractivity contribution in [2.24, 2.45) is 5.41 Å². The SMILES string of the molecule is C=C(C)C(=O)OCC(F)(F)C(F)(F)C(F)(F)C(F)(F)COCC1COc2cscc2O1.C=C(C)C(=O)OCC1(COC(=O)C(=C)C)COc2cscc2OC1.C=C(C)C(=O)OCC1COc2cscc2O1.C=C(C)C(=O)OCCCOCC1Oc2cscc2OC1COCCCOC(=O)C(=C)C.c1cc[nH]c1. The molecule has 0 saturated heterocycles. The van der Waals surface area contributed by atoms with Crippen LogP contribution in [-0.2, 0) is 71.4 Å². The number of rotatable bonds is 33. The number of carbonyl (C=O) groups is 6. The first-order valence-electron chi connectivity index (χ1n) is 32.2. The molecule has 0 amide bonds. The second kappa shape index (κ2) is 42.6. The summed E-state index contributed by atoms with van der Waals surface area (Å²) in [6.07, 6.45) is 2.96. The summed E-state index contributed by atoms with van der Waals surface area (Å²) in [5.41, 5.74) is 0.402. The molecule has 36 heteroatoms. The number of H-pyrrole nitrogens is 1. The predicted molar refractivity (Wildman–Crippen MR) is 376 cm³/mol. The lowest BCUT2D eigenvalue weighted by atomic mass is 9.92. The van der Waals surface area contributed by atoms with Crippen molar-refractivity contribution >= 4 is 81.2 Å². The summed E-state index contributed by atoms with van der Waals surface area (Å²) in [4.78, 5) is 71.2. The molecule has 107 heavy (non-hydrogen) atoms. The Labute approximate surface area is 627 Å². The lowest BCUT2D eigenvalue weighted by molar-refractivity contribution is -0.375. The third-order valence-electron chi connectivity index (χ3n) is 14.0. The minimum atomic E-state index is -6.59. The van der Waals surface area contributed by atoms with Gasteiger partial charge in [-0.25, -0.2) is 28.8 Å². The number of alkyl halides is 8. The van der Waals surface area contributed by atoms with Gasteiger partial charge in [0.05, 0.1) is 33.0 Å². The largest absolute Gasteiger partial charge is 0.488 e. The molecule has 4 aliphatic rings. The van der Waals surface area contributed by atoms with Crippen LogP contribution in [0, 0.1) is 5.41 Å². The third-order valence-corrected chi connectivity index (χ3v) is 16.8. The summed E-state index contributed by atoms with van der Waals surface area (Å²) in [5, 5.41) is 14.2. The zero-order valence-corrected chi connectivity index (χ0v) is 62.5. The van der Waals surface area contributed by atoms with Gasteiger partial charge in [0.25, 0.3) is 0 Å². The van der Waals surface area contributed by atoms with Crippen LogP contribution in [0.1, 0.15) is 54.4 Å². The number of carbonyl (C=O) groups excluding carboxylic acids is 6. The maximum Gasteiger partial charge on any atom is 0.381 e. The van der Waals surface area contributed by atoms with Gasteiger partial charge in [-0.05, 0) is 53.7 Å². The topological polar surface area (TPSA) is 275 Å². The number of thiophene rings is 4. The van der Waals surface area contributed by atoms with Gasteiger partial charge < -0.3 is 85.5 Å². The first-order chi connectivity index (χ1) is 50.5. The average molecular weight is 1600 g/mol.